The highest BCUT2D eigenvalue weighted by Crippen LogP contribution is 2.27. The van der Waals surface area contributed by atoms with Crippen LogP contribution in [0.3, 0.4) is 0 Å². The SMILES string of the molecule is CC1CCNC(CC(O)c2ccc(F)c(Br)c2)C1. The molecule has 1 aromatic carbocycles. The summed E-state index contributed by atoms with van der Waals surface area (Å²) in [6, 6.07) is 5.05. The monoisotopic (exact) mass is 315 g/mol. The molecule has 1 saturated heterocycles. The van der Waals surface area contributed by atoms with Crippen LogP contribution in [0.25, 0.3) is 0 Å². The third kappa shape index (κ3) is 3.53. The van der Waals surface area contributed by atoms with E-state index in [-0.39, 0.29) is 5.82 Å². The van der Waals surface area contributed by atoms with Crippen LogP contribution in [0.2, 0.25) is 0 Å². The highest BCUT2D eigenvalue weighted by Gasteiger charge is 2.21. The molecule has 100 valence electrons. The van der Waals surface area contributed by atoms with Gasteiger partial charge < -0.3 is 10.4 Å². The van der Waals surface area contributed by atoms with Gasteiger partial charge in [0.25, 0.3) is 0 Å². The Kier molecular flexibility index (Phi) is 4.76. The first-order valence-electron chi connectivity index (χ1n) is 6.42. The van der Waals surface area contributed by atoms with Crippen LogP contribution in [0, 0.1) is 11.7 Å². The van der Waals surface area contributed by atoms with Gasteiger partial charge in [0, 0.05) is 6.04 Å². The topological polar surface area (TPSA) is 32.3 Å². The van der Waals surface area contributed by atoms with E-state index in [2.05, 4.69) is 28.2 Å². The molecule has 0 spiro atoms. The minimum atomic E-state index is -0.537. The maximum atomic E-state index is 13.1. The van der Waals surface area contributed by atoms with Crippen LogP contribution in [0.5, 0.6) is 0 Å². The molecule has 0 radical (unpaired) electrons. The first kappa shape index (κ1) is 14.0. The van der Waals surface area contributed by atoms with Crippen molar-refractivity contribution < 1.29 is 9.50 Å². The predicted octanol–water partition coefficient (Wildman–Crippen LogP) is 3.40. The van der Waals surface area contributed by atoms with Gasteiger partial charge in [0.05, 0.1) is 10.6 Å². The highest BCUT2D eigenvalue weighted by atomic mass is 79.9. The number of benzene rings is 1. The van der Waals surface area contributed by atoms with Gasteiger partial charge in [-0.25, -0.2) is 4.39 Å². The van der Waals surface area contributed by atoms with E-state index in [1.165, 1.54) is 12.5 Å². The second kappa shape index (κ2) is 6.13. The Bertz CT molecular complexity index is 413. The lowest BCUT2D eigenvalue weighted by atomic mass is 9.90. The lowest BCUT2D eigenvalue weighted by Crippen LogP contribution is -2.38. The molecule has 18 heavy (non-hydrogen) atoms. The van der Waals surface area contributed by atoms with Gasteiger partial charge in [0.15, 0.2) is 0 Å². The molecule has 0 amide bonds. The van der Waals surface area contributed by atoms with Crippen LogP contribution in [0.15, 0.2) is 22.7 Å². The zero-order valence-electron chi connectivity index (χ0n) is 10.5. The van der Waals surface area contributed by atoms with Gasteiger partial charge in [-0.15, -0.1) is 0 Å². The Morgan fingerprint density at radius 1 is 1.56 bits per heavy atom. The first-order valence-corrected chi connectivity index (χ1v) is 7.22. The molecule has 1 aliphatic rings. The number of hydrogen-bond donors (Lipinski definition) is 2. The molecule has 1 heterocycles. The lowest BCUT2D eigenvalue weighted by Gasteiger charge is -2.29. The Balaban J connectivity index is 1.98. The second-order valence-corrected chi connectivity index (χ2v) is 6.06. The van der Waals surface area contributed by atoms with Crippen LogP contribution < -0.4 is 5.32 Å². The third-order valence-corrected chi connectivity index (χ3v) is 4.20. The second-order valence-electron chi connectivity index (χ2n) is 5.21. The van der Waals surface area contributed by atoms with Crippen LogP contribution >= 0.6 is 15.9 Å². The van der Waals surface area contributed by atoms with E-state index in [0.29, 0.717) is 22.9 Å². The van der Waals surface area contributed by atoms with Crippen molar-refractivity contribution in [3.05, 3.63) is 34.1 Å². The summed E-state index contributed by atoms with van der Waals surface area (Å²) in [6.07, 6.45) is 2.45. The molecule has 0 bridgehead atoms. The molecular formula is C14H19BrFNO. The fourth-order valence-electron chi connectivity index (χ4n) is 2.53. The van der Waals surface area contributed by atoms with E-state index in [9.17, 15) is 9.50 Å². The normalized spacial score (nSPS) is 26.0. The summed E-state index contributed by atoms with van der Waals surface area (Å²) < 4.78 is 13.5. The van der Waals surface area contributed by atoms with Crippen molar-refractivity contribution in [3.8, 4) is 0 Å². The van der Waals surface area contributed by atoms with Crippen LogP contribution in [-0.4, -0.2) is 17.7 Å². The van der Waals surface area contributed by atoms with Gasteiger partial charge >= 0.3 is 0 Å². The van der Waals surface area contributed by atoms with Gasteiger partial charge in [-0.2, -0.15) is 0 Å². The van der Waals surface area contributed by atoms with Crippen molar-refractivity contribution in [2.45, 2.75) is 38.3 Å². The van der Waals surface area contributed by atoms with Crippen molar-refractivity contribution in [1.29, 1.82) is 0 Å². The summed E-state index contributed by atoms with van der Waals surface area (Å²) in [7, 11) is 0. The summed E-state index contributed by atoms with van der Waals surface area (Å²) >= 11 is 3.15. The van der Waals surface area contributed by atoms with Gasteiger partial charge in [0.1, 0.15) is 5.82 Å². The molecule has 1 aliphatic heterocycles. The zero-order valence-corrected chi connectivity index (χ0v) is 12.1. The number of nitrogens with one attached hydrogen (secondary N) is 1. The summed E-state index contributed by atoms with van der Waals surface area (Å²) in [5.74, 6) is 0.416. The van der Waals surface area contributed by atoms with E-state index in [4.69, 9.17) is 0 Å². The first-order chi connectivity index (χ1) is 8.56. The van der Waals surface area contributed by atoms with Crippen molar-refractivity contribution >= 4 is 15.9 Å². The molecule has 4 heteroatoms. The maximum absolute atomic E-state index is 13.1. The number of aliphatic hydroxyl groups excluding tert-OH is 1. The van der Waals surface area contributed by atoms with E-state index in [1.807, 2.05) is 0 Å². The van der Waals surface area contributed by atoms with Crippen LogP contribution in [-0.2, 0) is 0 Å². The number of piperidine rings is 1. The molecule has 0 aromatic heterocycles. The molecule has 2 nitrogen and oxygen atoms in total. The Morgan fingerprint density at radius 3 is 3.00 bits per heavy atom. The molecule has 0 saturated carbocycles. The van der Waals surface area contributed by atoms with Gasteiger partial charge in [0.2, 0.25) is 0 Å². The number of halogens is 2. The fourth-order valence-corrected chi connectivity index (χ4v) is 2.92. The van der Waals surface area contributed by atoms with Gasteiger partial charge in [-0.05, 0) is 65.4 Å². The minimum absolute atomic E-state index is 0.296. The summed E-state index contributed by atoms with van der Waals surface area (Å²) in [5, 5.41) is 13.6. The molecule has 3 atom stereocenters. The molecular weight excluding hydrogens is 297 g/mol. The molecule has 0 aliphatic carbocycles. The largest absolute Gasteiger partial charge is 0.388 e. The Hall–Kier alpha value is -0.450. The predicted molar refractivity (Wildman–Crippen MR) is 73.9 cm³/mol. The van der Waals surface area contributed by atoms with Gasteiger partial charge in [-0.1, -0.05) is 13.0 Å². The van der Waals surface area contributed by atoms with Crippen molar-refractivity contribution in [2.75, 3.05) is 6.54 Å². The maximum Gasteiger partial charge on any atom is 0.137 e. The highest BCUT2D eigenvalue weighted by molar-refractivity contribution is 9.10. The minimum Gasteiger partial charge on any atom is -0.388 e. The average Bonchev–Trinajstić information content (AvgIpc) is 2.32. The molecule has 1 aromatic rings. The number of aliphatic hydroxyl groups is 1. The quantitative estimate of drug-likeness (QED) is 0.896. The van der Waals surface area contributed by atoms with Crippen molar-refractivity contribution in [2.24, 2.45) is 5.92 Å². The molecule has 1 fully saturated rings. The smallest absolute Gasteiger partial charge is 0.137 e. The summed E-state index contributed by atoms with van der Waals surface area (Å²) in [5.41, 5.74) is 0.767. The Labute approximate surface area is 116 Å². The third-order valence-electron chi connectivity index (χ3n) is 3.59. The zero-order chi connectivity index (χ0) is 13.1. The van der Waals surface area contributed by atoms with Crippen LogP contribution in [0.4, 0.5) is 4.39 Å². The average molecular weight is 316 g/mol. The van der Waals surface area contributed by atoms with Gasteiger partial charge in [-0.3, -0.25) is 0 Å². The lowest BCUT2D eigenvalue weighted by molar-refractivity contribution is 0.138. The molecule has 3 unspecified atom stereocenters. The van der Waals surface area contributed by atoms with Crippen LogP contribution in [0.1, 0.15) is 37.9 Å². The fraction of sp³-hybridized carbons (Fsp3) is 0.571. The molecule has 2 rings (SSSR count). The van der Waals surface area contributed by atoms with E-state index in [1.54, 1.807) is 12.1 Å². The summed E-state index contributed by atoms with van der Waals surface area (Å²) in [6.45, 7) is 3.26. The van der Waals surface area contributed by atoms with E-state index in [0.717, 1.165) is 18.5 Å². The van der Waals surface area contributed by atoms with Crippen molar-refractivity contribution in [3.63, 3.8) is 0 Å². The molecule has 2 N–H and O–H groups in total. The number of hydrogen-bond acceptors (Lipinski definition) is 2. The number of rotatable bonds is 3. The van der Waals surface area contributed by atoms with E-state index >= 15 is 0 Å². The Morgan fingerprint density at radius 2 is 2.33 bits per heavy atom. The van der Waals surface area contributed by atoms with E-state index < -0.39 is 6.10 Å². The standard InChI is InChI=1S/C14H19BrFNO/c1-9-4-5-17-11(6-9)8-14(18)10-2-3-13(16)12(15)7-10/h2-3,7,9,11,14,17-18H,4-6,8H2,1H3. The summed E-state index contributed by atoms with van der Waals surface area (Å²) in [4.78, 5) is 0. The van der Waals surface area contributed by atoms with Crippen molar-refractivity contribution in [1.82, 2.24) is 5.32 Å².